The van der Waals surface area contributed by atoms with Gasteiger partial charge >= 0.3 is 0 Å². The molecule has 0 radical (unpaired) electrons. The lowest BCUT2D eigenvalue weighted by atomic mass is 9.99. The third-order valence-electron chi connectivity index (χ3n) is 3.95. The molecule has 0 aliphatic heterocycles. The van der Waals surface area contributed by atoms with Crippen molar-refractivity contribution in [1.29, 1.82) is 5.26 Å². The molecule has 0 N–H and O–H groups in total. The fourth-order valence-electron chi connectivity index (χ4n) is 2.56. The molecular weight excluding hydrogens is 326 g/mol. The van der Waals surface area contributed by atoms with E-state index in [0.717, 1.165) is 26.5 Å². The summed E-state index contributed by atoms with van der Waals surface area (Å²) >= 11 is 1.64. The number of carbonyl (C=O) groups is 1. The summed E-state index contributed by atoms with van der Waals surface area (Å²) in [6.07, 6.45) is 0.431. The maximum Gasteiger partial charge on any atom is 0.193 e. The lowest BCUT2D eigenvalue weighted by Crippen LogP contribution is -2.03. The molecule has 0 fully saturated rings. The van der Waals surface area contributed by atoms with Crippen molar-refractivity contribution in [2.45, 2.75) is 23.1 Å². The van der Waals surface area contributed by atoms with E-state index < -0.39 is 0 Å². The van der Waals surface area contributed by atoms with E-state index >= 15 is 0 Å². The molecule has 0 aliphatic rings. The van der Waals surface area contributed by atoms with Gasteiger partial charge in [-0.25, -0.2) is 0 Å². The average Bonchev–Trinajstić information content (AvgIpc) is 2.64. The van der Waals surface area contributed by atoms with E-state index in [9.17, 15) is 4.79 Å². The van der Waals surface area contributed by atoms with Crippen LogP contribution in [0.4, 0.5) is 0 Å². The van der Waals surface area contributed by atoms with E-state index in [2.05, 4.69) is 6.07 Å². The summed E-state index contributed by atoms with van der Waals surface area (Å²) < 4.78 is 0. The Hall–Kier alpha value is -2.83. The molecule has 0 saturated heterocycles. The third-order valence-corrected chi connectivity index (χ3v) is 4.96. The van der Waals surface area contributed by atoms with Crippen LogP contribution in [0.15, 0.2) is 82.6 Å². The summed E-state index contributed by atoms with van der Waals surface area (Å²) in [5.41, 5.74) is 3.45. The van der Waals surface area contributed by atoms with Crippen molar-refractivity contribution in [3.63, 3.8) is 0 Å². The first-order valence-electron chi connectivity index (χ1n) is 8.01. The lowest BCUT2D eigenvalue weighted by molar-refractivity contribution is 0.103. The van der Waals surface area contributed by atoms with Gasteiger partial charge in [-0.2, -0.15) is 5.26 Å². The van der Waals surface area contributed by atoms with Crippen molar-refractivity contribution in [2.24, 2.45) is 0 Å². The zero-order valence-electron chi connectivity index (χ0n) is 13.9. The van der Waals surface area contributed by atoms with Gasteiger partial charge in [-0.15, -0.1) is 0 Å². The summed E-state index contributed by atoms with van der Waals surface area (Å²) in [5, 5.41) is 8.71. The van der Waals surface area contributed by atoms with Crippen LogP contribution >= 0.6 is 11.8 Å². The minimum Gasteiger partial charge on any atom is -0.289 e. The molecule has 3 aromatic rings. The fourth-order valence-corrected chi connectivity index (χ4v) is 3.38. The number of hydrogen-bond donors (Lipinski definition) is 0. The van der Waals surface area contributed by atoms with Gasteiger partial charge in [0, 0.05) is 20.9 Å². The minimum absolute atomic E-state index is 0.0514. The van der Waals surface area contributed by atoms with Gasteiger partial charge in [0.1, 0.15) is 0 Å². The quantitative estimate of drug-likeness (QED) is 0.579. The van der Waals surface area contributed by atoms with Gasteiger partial charge in [0.2, 0.25) is 0 Å². The number of nitriles is 1. The second kappa shape index (κ2) is 7.83. The standard InChI is InChI=1S/C22H17NOS/c1-16-4-2-3-5-21(16)22(24)18-8-12-20(13-9-18)25-19-10-6-17(7-11-19)14-15-23/h2-13H,14H2,1H3. The maximum absolute atomic E-state index is 12.6. The van der Waals surface area contributed by atoms with E-state index in [1.807, 2.05) is 79.7 Å². The normalized spacial score (nSPS) is 10.2. The van der Waals surface area contributed by atoms with Crippen molar-refractivity contribution in [3.8, 4) is 6.07 Å². The molecule has 0 spiro atoms. The highest BCUT2D eigenvalue weighted by molar-refractivity contribution is 7.99. The van der Waals surface area contributed by atoms with E-state index in [1.54, 1.807) is 11.8 Å². The molecule has 0 aliphatic carbocycles. The van der Waals surface area contributed by atoms with Crippen molar-refractivity contribution in [2.75, 3.05) is 0 Å². The molecule has 3 heteroatoms. The Morgan fingerprint density at radius 1 is 0.920 bits per heavy atom. The van der Waals surface area contributed by atoms with Crippen LogP contribution in [0.25, 0.3) is 0 Å². The Balaban J connectivity index is 1.73. The molecule has 0 bridgehead atoms. The molecule has 2 nitrogen and oxygen atoms in total. The summed E-state index contributed by atoms with van der Waals surface area (Å²) in [4.78, 5) is 14.8. The van der Waals surface area contributed by atoms with Crippen molar-refractivity contribution in [1.82, 2.24) is 0 Å². The Kier molecular flexibility index (Phi) is 5.33. The van der Waals surface area contributed by atoms with E-state index in [-0.39, 0.29) is 5.78 Å². The summed E-state index contributed by atoms with van der Waals surface area (Å²) in [5.74, 6) is 0.0514. The number of rotatable bonds is 5. The number of ketones is 1. The molecule has 0 saturated carbocycles. The first-order valence-corrected chi connectivity index (χ1v) is 8.83. The Morgan fingerprint density at radius 3 is 2.12 bits per heavy atom. The van der Waals surface area contributed by atoms with Gasteiger partial charge < -0.3 is 0 Å². The van der Waals surface area contributed by atoms with Gasteiger partial charge in [-0.05, 0) is 54.4 Å². The molecule has 122 valence electrons. The summed E-state index contributed by atoms with van der Waals surface area (Å²) in [7, 11) is 0. The van der Waals surface area contributed by atoms with Crippen LogP contribution in [0.3, 0.4) is 0 Å². The van der Waals surface area contributed by atoms with Crippen LogP contribution < -0.4 is 0 Å². The van der Waals surface area contributed by atoms with E-state index in [0.29, 0.717) is 12.0 Å². The number of hydrogen-bond acceptors (Lipinski definition) is 3. The molecule has 0 aromatic heterocycles. The van der Waals surface area contributed by atoms with Crippen LogP contribution in [0.5, 0.6) is 0 Å². The summed E-state index contributed by atoms with van der Waals surface area (Å²) in [6, 6.07) is 25.5. The maximum atomic E-state index is 12.6. The van der Waals surface area contributed by atoms with Crippen LogP contribution in [0.1, 0.15) is 27.0 Å². The average molecular weight is 343 g/mol. The van der Waals surface area contributed by atoms with Gasteiger partial charge in [0.05, 0.1) is 12.5 Å². The first kappa shape index (κ1) is 17.0. The van der Waals surface area contributed by atoms with Crippen LogP contribution in [-0.4, -0.2) is 5.78 Å². The highest BCUT2D eigenvalue weighted by Crippen LogP contribution is 2.28. The number of carbonyl (C=O) groups excluding carboxylic acids is 1. The van der Waals surface area contributed by atoms with Gasteiger partial charge in [0.25, 0.3) is 0 Å². The lowest BCUT2D eigenvalue weighted by Gasteiger charge is -2.06. The Morgan fingerprint density at radius 2 is 1.52 bits per heavy atom. The number of benzene rings is 3. The van der Waals surface area contributed by atoms with Crippen LogP contribution in [-0.2, 0) is 6.42 Å². The largest absolute Gasteiger partial charge is 0.289 e. The van der Waals surface area contributed by atoms with Crippen molar-refractivity contribution < 1.29 is 4.79 Å². The zero-order chi connectivity index (χ0) is 17.6. The molecule has 0 unspecified atom stereocenters. The molecule has 0 atom stereocenters. The molecule has 0 heterocycles. The predicted octanol–water partition coefficient (Wildman–Crippen LogP) is 5.44. The second-order valence-electron chi connectivity index (χ2n) is 5.75. The smallest absolute Gasteiger partial charge is 0.193 e. The fraction of sp³-hybridized carbons (Fsp3) is 0.0909. The van der Waals surface area contributed by atoms with Crippen LogP contribution in [0.2, 0.25) is 0 Å². The number of aryl methyl sites for hydroxylation is 1. The molecule has 3 aromatic carbocycles. The second-order valence-corrected chi connectivity index (χ2v) is 6.90. The number of nitrogens with zero attached hydrogens (tertiary/aromatic N) is 1. The SMILES string of the molecule is Cc1ccccc1C(=O)c1ccc(Sc2ccc(CC#N)cc2)cc1. The molecular formula is C22H17NOS. The third kappa shape index (κ3) is 4.17. The van der Waals surface area contributed by atoms with Crippen molar-refractivity contribution in [3.05, 3.63) is 95.1 Å². The van der Waals surface area contributed by atoms with Gasteiger partial charge in [-0.1, -0.05) is 48.2 Å². The highest BCUT2D eigenvalue weighted by Gasteiger charge is 2.11. The minimum atomic E-state index is 0.0514. The molecule has 25 heavy (non-hydrogen) atoms. The van der Waals surface area contributed by atoms with Crippen molar-refractivity contribution >= 4 is 17.5 Å². The zero-order valence-corrected chi connectivity index (χ0v) is 14.7. The monoisotopic (exact) mass is 343 g/mol. The van der Waals surface area contributed by atoms with Crippen LogP contribution in [0, 0.1) is 18.3 Å². The topological polar surface area (TPSA) is 40.9 Å². The summed E-state index contributed by atoms with van der Waals surface area (Å²) in [6.45, 7) is 1.95. The Bertz CT molecular complexity index is 921. The predicted molar refractivity (Wildman–Crippen MR) is 101 cm³/mol. The molecule has 0 amide bonds. The first-order chi connectivity index (χ1) is 12.2. The van der Waals surface area contributed by atoms with E-state index in [1.165, 1.54) is 0 Å². The molecule has 3 rings (SSSR count). The van der Waals surface area contributed by atoms with Gasteiger partial charge in [0.15, 0.2) is 5.78 Å². The Labute approximate surface area is 152 Å². The van der Waals surface area contributed by atoms with Gasteiger partial charge in [-0.3, -0.25) is 4.79 Å². The van der Waals surface area contributed by atoms with E-state index in [4.69, 9.17) is 5.26 Å². The highest BCUT2D eigenvalue weighted by atomic mass is 32.2.